The van der Waals surface area contributed by atoms with Crippen molar-refractivity contribution in [1.29, 1.82) is 0 Å². The third-order valence-corrected chi connectivity index (χ3v) is 3.84. The molecular formula is C16H26N2O2. The lowest BCUT2D eigenvalue weighted by atomic mass is 10.0. The molecular weight excluding hydrogens is 252 g/mol. The van der Waals surface area contributed by atoms with Gasteiger partial charge in [-0.2, -0.15) is 0 Å². The minimum atomic E-state index is 0.257. The second-order valence-corrected chi connectivity index (χ2v) is 6.15. The van der Waals surface area contributed by atoms with Crippen LogP contribution in [0, 0.1) is 5.92 Å². The normalized spacial score (nSPS) is 20.5. The Morgan fingerprint density at radius 3 is 2.85 bits per heavy atom. The highest BCUT2D eigenvalue weighted by atomic mass is 16.3. The molecule has 20 heavy (non-hydrogen) atoms. The number of likely N-dealkylation sites (tertiary alicyclic amines) is 1. The van der Waals surface area contributed by atoms with Crippen LogP contribution in [0.3, 0.4) is 0 Å². The molecule has 0 spiro atoms. The van der Waals surface area contributed by atoms with Crippen LogP contribution in [0.4, 0.5) is 0 Å². The number of nitrogens with one attached hydrogen (secondary N) is 1. The molecule has 1 aromatic heterocycles. The van der Waals surface area contributed by atoms with Crippen molar-refractivity contribution in [1.82, 2.24) is 10.2 Å². The molecule has 112 valence electrons. The molecule has 1 N–H and O–H groups in total. The summed E-state index contributed by atoms with van der Waals surface area (Å²) in [6, 6.07) is 4.42. The van der Waals surface area contributed by atoms with Gasteiger partial charge in [0.2, 0.25) is 5.91 Å². The molecule has 1 aliphatic heterocycles. The Kier molecular flexibility index (Phi) is 5.24. The number of furan rings is 1. The van der Waals surface area contributed by atoms with E-state index in [1.165, 1.54) is 0 Å². The molecule has 0 bridgehead atoms. The lowest BCUT2D eigenvalue weighted by molar-refractivity contribution is -0.131. The maximum Gasteiger partial charge on any atom is 0.222 e. The van der Waals surface area contributed by atoms with E-state index in [0.29, 0.717) is 24.9 Å². The van der Waals surface area contributed by atoms with Gasteiger partial charge in [-0.1, -0.05) is 20.8 Å². The highest BCUT2D eigenvalue weighted by Gasteiger charge is 2.21. The number of hydrogen-bond acceptors (Lipinski definition) is 3. The van der Waals surface area contributed by atoms with Gasteiger partial charge >= 0.3 is 0 Å². The highest BCUT2D eigenvalue weighted by Crippen LogP contribution is 2.20. The summed E-state index contributed by atoms with van der Waals surface area (Å²) in [5.74, 6) is 2.72. The van der Waals surface area contributed by atoms with Crippen LogP contribution in [0.2, 0.25) is 0 Å². The zero-order chi connectivity index (χ0) is 14.5. The van der Waals surface area contributed by atoms with Crippen LogP contribution in [0.25, 0.3) is 0 Å². The predicted molar refractivity (Wildman–Crippen MR) is 79.1 cm³/mol. The largest absolute Gasteiger partial charge is 0.463 e. The van der Waals surface area contributed by atoms with Crippen molar-refractivity contribution in [3.05, 3.63) is 23.7 Å². The molecule has 1 fully saturated rings. The van der Waals surface area contributed by atoms with E-state index < -0.39 is 0 Å². The van der Waals surface area contributed by atoms with Gasteiger partial charge in [-0.3, -0.25) is 4.79 Å². The Morgan fingerprint density at radius 2 is 2.10 bits per heavy atom. The van der Waals surface area contributed by atoms with E-state index in [9.17, 15) is 4.79 Å². The summed E-state index contributed by atoms with van der Waals surface area (Å²) in [6.45, 7) is 8.64. The van der Waals surface area contributed by atoms with Gasteiger partial charge in [-0.15, -0.1) is 0 Å². The summed E-state index contributed by atoms with van der Waals surface area (Å²) < 4.78 is 5.80. The van der Waals surface area contributed by atoms with Crippen molar-refractivity contribution in [2.75, 3.05) is 6.54 Å². The molecule has 1 unspecified atom stereocenters. The fourth-order valence-electron chi connectivity index (χ4n) is 2.44. The number of carbonyl (C=O) groups excluding carboxylic acids is 1. The van der Waals surface area contributed by atoms with Crippen molar-refractivity contribution in [3.63, 3.8) is 0 Å². The van der Waals surface area contributed by atoms with Crippen molar-refractivity contribution in [2.24, 2.45) is 5.92 Å². The molecule has 1 saturated heterocycles. The Bertz CT molecular complexity index is 439. The van der Waals surface area contributed by atoms with E-state index in [2.05, 4.69) is 26.1 Å². The van der Waals surface area contributed by atoms with E-state index in [1.807, 2.05) is 17.0 Å². The number of carbonyl (C=O) groups is 1. The van der Waals surface area contributed by atoms with Crippen LogP contribution in [-0.4, -0.2) is 23.4 Å². The third-order valence-electron chi connectivity index (χ3n) is 3.84. The van der Waals surface area contributed by atoms with E-state index in [4.69, 9.17) is 4.42 Å². The van der Waals surface area contributed by atoms with Crippen LogP contribution < -0.4 is 5.32 Å². The van der Waals surface area contributed by atoms with Gasteiger partial charge in [0.05, 0.1) is 13.1 Å². The van der Waals surface area contributed by atoms with Crippen molar-refractivity contribution in [3.8, 4) is 0 Å². The maximum atomic E-state index is 12.1. The molecule has 0 aromatic carbocycles. The molecule has 1 atom stereocenters. The zero-order valence-corrected chi connectivity index (χ0v) is 12.8. The first-order valence-electron chi connectivity index (χ1n) is 7.63. The molecule has 4 heteroatoms. The van der Waals surface area contributed by atoms with Crippen molar-refractivity contribution >= 4 is 5.91 Å². The highest BCUT2D eigenvalue weighted by molar-refractivity contribution is 5.76. The average Bonchev–Trinajstić information content (AvgIpc) is 2.79. The Hall–Kier alpha value is -1.29. The van der Waals surface area contributed by atoms with Gasteiger partial charge in [0.15, 0.2) is 0 Å². The van der Waals surface area contributed by atoms with Gasteiger partial charge in [-0.05, 0) is 30.9 Å². The molecule has 2 heterocycles. The molecule has 0 radical (unpaired) electrons. The van der Waals surface area contributed by atoms with Crippen LogP contribution in [0.15, 0.2) is 16.5 Å². The Morgan fingerprint density at radius 1 is 1.35 bits per heavy atom. The second-order valence-electron chi connectivity index (χ2n) is 6.15. The Balaban J connectivity index is 1.90. The van der Waals surface area contributed by atoms with Gasteiger partial charge in [-0.25, -0.2) is 0 Å². The Labute approximate surface area is 121 Å². The lowest BCUT2D eigenvalue weighted by Gasteiger charge is -2.19. The van der Waals surface area contributed by atoms with Crippen LogP contribution in [-0.2, 0) is 17.9 Å². The summed E-state index contributed by atoms with van der Waals surface area (Å²) in [7, 11) is 0. The van der Waals surface area contributed by atoms with Gasteiger partial charge < -0.3 is 14.6 Å². The first-order valence-corrected chi connectivity index (χ1v) is 7.63. The molecule has 4 nitrogen and oxygen atoms in total. The summed E-state index contributed by atoms with van der Waals surface area (Å²) in [5.41, 5.74) is 0. The number of amides is 1. The van der Waals surface area contributed by atoms with E-state index in [-0.39, 0.29) is 5.91 Å². The van der Waals surface area contributed by atoms with Gasteiger partial charge in [0, 0.05) is 19.0 Å². The minimum absolute atomic E-state index is 0.257. The van der Waals surface area contributed by atoms with Gasteiger partial charge in [0.25, 0.3) is 0 Å². The fraction of sp³-hybridized carbons (Fsp3) is 0.688. The summed E-state index contributed by atoms with van der Waals surface area (Å²) >= 11 is 0. The van der Waals surface area contributed by atoms with Crippen LogP contribution in [0.1, 0.15) is 51.6 Å². The van der Waals surface area contributed by atoms with E-state index >= 15 is 0 Å². The molecule has 1 aromatic rings. The van der Waals surface area contributed by atoms with Crippen molar-refractivity contribution < 1.29 is 9.21 Å². The lowest BCUT2D eigenvalue weighted by Crippen LogP contribution is -2.29. The van der Waals surface area contributed by atoms with E-state index in [1.54, 1.807) is 0 Å². The monoisotopic (exact) mass is 278 g/mol. The summed E-state index contributed by atoms with van der Waals surface area (Å²) in [5, 5.41) is 3.33. The number of hydrogen-bond donors (Lipinski definition) is 1. The first kappa shape index (κ1) is 15.1. The van der Waals surface area contributed by atoms with Crippen molar-refractivity contribution in [2.45, 2.75) is 59.2 Å². The van der Waals surface area contributed by atoms with E-state index in [0.717, 1.165) is 37.5 Å². The molecule has 1 amide bonds. The molecule has 0 saturated carbocycles. The molecule has 2 rings (SSSR count). The number of rotatable bonds is 5. The predicted octanol–water partition coefficient (Wildman–Crippen LogP) is 2.93. The maximum absolute atomic E-state index is 12.1. The fourth-order valence-corrected chi connectivity index (χ4v) is 2.44. The topological polar surface area (TPSA) is 45.5 Å². The SMILES string of the molecule is CC1CCC(=O)N(Cc2ccc(CNC(C)C)o2)CC1. The summed E-state index contributed by atoms with van der Waals surface area (Å²) in [4.78, 5) is 14.0. The molecule has 1 aliphatic rings. The van der Waals surface area contributed by atoms with Gasteiger partial charge in [0.1, 0.15) is 11.5 Å². The summed E-state index contributed by atoms with van der Waals surface area (Å²) in [6.07, 6.45) is 2.77. The third kappa shape index (κ3) is 4.37. The van der Waals surface area contributed by atoms with Crippen LogP contribution in [0.5, 0.6) is 0 Å². The molecule has 0 aliphatic carbocycles. The minimum Gasteiger partial charge on any atom is -0.463 e. The standard InChI is InChI=1S/C16H26N2O2/c1-12(2)17-10-14-5-6-15(20-14)11-18-9-8-13(3)4-7-16(18)19/h5-6,12-13,17H,4,7-11H2,1-3H3. The average molecular weight is 278 g/mol. The number of nitrogens with zero attached hydrogens (tertiary/aromatic N) is 1. The zero-order valence-electron chi connectivity index (χ0n) is 12.8. The quantitative estimate of drug-likeness (QED) is 0.900. The first-order chi connectivity index (χ1) is 9.54. The van der Waals surface area contributed by atoms with Crippen LogP contribution >= 0.6 is 0 Å². The second kappa shape index (κ2) is 6.93. The smallest absolute Gasteiger partial charge is 0.222 e.